The van der Waals surface area contributed by atoms with Gasteiger partial charge in [-0.3, -0.25) is 9.59 Å². The average molecular weight is 245 g/mol. The van der Waals surface area contributed by atoms with E-state index in [9.17, 15) is 9.59 Å². The Morgan fingerprint density at radius 2 is 1.47 bits per heavy atom. The molecule has 0 aliphatic heterocycles. The minimum atomic E-state index is -0.440. The lowest BCUT2D eigenvalue weighted by Gasteiger charge is -1.96. The molecule has 0 heterocycles. The molecule has 0 saturated carbocycles. The Hall–Kier alpha value is -1.16. The van der Waals surface area contributed by atoms with E-state index in [-0.39, 0.29) is 12.2 Å². The van der Waals surface area contributed by atoms with Gasteiger partial charge in [-0.15, -0.1) is 0 Å². The summed E-state index contributed by atoms with van der Waals surface area (Å²) in [6.07, 6.45) is 3.90. The zero-order chi connectivity index (χ0) is 14.3. The number of hydrogen-bond donors (Lipinski definition) is 0. The summed E-state index contributed by atoms with van der Waals surface area (Å²) in [7, 11) is 6.00. The molecule has 0 aromatic rings. The Morgan fingerprint density at radius 1 is 1.12 bits per heavy atom. The van der Waals surface area contributed by atoms with Gasteiger partial charge in [0, 0.05) is 0 Å². The summed E-state index contributed by atoms with van der Waals surface area (Å²) in [5.41, 5.74) is 0. The molecule has 0 spiro atoms. The van der Waals surface area contributed by atoms with Crippen molar-refractivity contribution >= 4 is 11.8 Å². The van der Waals surface area contributed by atoms with E-state index in [1.54, 1.807) is 6.92 Å². The molecule has 0 aliphatic carbocycles. The van der Waals surface area contributed by atoms with E-state index in [0.717, 1.165) is 0 Å². The number of ether oxygens (including phenoxy) is 1. The predicted molar refractivity (Wildman–Crippen MR) is 72.0 cm³/mol. The van der Waals surface area contributed by atoms with E-state index in [2.05, 4.69) is 4.74 Å². The van der Waals surface area contributed by atoms with E-state index in [0.29, 0.717) is 6.61 Å². The van der Waals surface area contributed by atoms with E-state index in [4.69, 9.17) is 0 Å². The van der Waals surface area contributed by atoms with Crippen LogP contribution in [0.25, 0.3) is 0 Å². The van der Waals surface area contributed by atoms with E-state index in [1.165, 1.54) is 6.92 Å². The summed E-state index contributed by atoms with van der Waals surface area (Å²) in [4.78, 5) is 22.6. The highest BCUT2D eigenvalue weighted by Gasteiger charge is 2.03. The van der Waals surface area contributed by atoms with Gasteiger partial charge in [-0.1, -0.05) is 12.2 Å². The van der Waals surface area contributed by atoms with E-state index >= 15 is 0 Å². The van der Waals surface area contributed by atoms with Crippen molar-refractivity contribution in [2.75, 3.05) is 27.7 Å². The first-order valence-corrected chi connectivity index (χ1v) is 5.64. The SMILES string of the molecule is CC=CC.CCOC(=O)CC(C)=O.CN(C)C. The molecule has 102 valence electrons. The molecule has 0 fully saturated rings. The van der Waals surface area contributed by atoms with Crippen molar-refractivity contribution in [3.63, 3.8) is 0 Å². The number of hydrogen-bond acceptors (Lipinski definition) is 4. The monoisotopic (exact) mass is 245 g/mol. The fourth-order valence-electron chi connectivity index (χ4n) is 0.415. The quantitative estimate of drug-likeness (QED) is 0.435. The molecule has 17 heavy (non-hydrogen) atoms. The van der Waals surface area contributed by atoms with Gasteiger partial charge in [-0.05, 0) is 48.8 Å². The van der Waals surface area contributed by atoms with Gasteiger partial charge >= 0.3 is 5.97 Å². The van der Waals surface area contributed by atoms with Gasteiger partial charge in [0.25, 0.3) is 0 Å². The zero-order valence-electron chi connectivity index (χ0n) is 12.2. The highest BCUT2D eigenvalue weighted by Crippen LogP contribution is 1.86. The van der Waals surface area contributed by atoms with E-state index in [1.807, 2.05) is 52.0 Å². The molecule has 0 aromatic heterocycles. The molecule has 0 bridgehead atoms. The summed E-state index contributed by atoms with van der Waals surface area (Å²) < 4.78 is 4.49. The molecule has 0 radical (unpaired) electrons. The Morgan fingerprint density at radius 3 is 1.65 bits per heavy atom. The maximum atomic E-state index is 10.4. The second-order valence-electron chi connectivity index (χ2n) is 3.69. The Balaban J connectivity index is -0.000000205. The van der Waals surface area contributed by atoms with Gasteiger partial charge in [0.1, 0.15) is 12.2 Å². The lowest BCUT2D eigenvalue weighted by molar-refractivity contribution is -0.145. The fraction of sp³-hybridized carbons (Fsp3) is 0.692. The van der Waals surface area contributed by atoms with Crippen molar-refractivity contribution in [1.82, 2.24) is 4.90 Å². The highest BCUT2D eigenvalue weighted by molar-refractivity contribution is 5.94. The van der Waals surface area contributed by atoms with Crippen LogP contribution >= 0.6 is 0 Å². The molecular formula is C13H27NO3. The second-order valence-corrected chi connectivity index (χ2v) is 3.69. The minimum Gasteiger partial charge on any atom is -0.466 e. The van der Waals surface area contributed by atoms with Crippen molar-refractivity contribution in [3.05, 3.63) is 12.2 Å². The Kier molecular flexibility index (Phi) is 21.5. The number of allylic oxidation sites excluding steroid dienone is 2. The number of carbonyl (C=O) groups excluding carboxylic acids is 2. The van der Waals surface area contributed by atoms with Gasteiger partial charge in [0.15, 0.2) is 0 Å². The molecule has 0 rings (SSSR count). The van der Waals surface area contributed by atoms with Gasteiger partial charge in [0.05, 0.1) is 6.61 Å². The van der Waals surface area contributed by atoms with Gasteiger partial charge in [0.2, 0.25) is 0 Å². The molecule has 4 heteroatoms. The zero-order valence-corrected chi connectivity index (χ0v) is 12.2. The largest absolute Gasteiger partial charge is 0.466 e. The summed E-state index contributed by atoms with van der Waals surface area (Å²) in [6, 6.07) is 0. The standard InChI is InChI=1S/C6H10O3.C4H8.C3H9N/c1-3-9-6(8)4-5(2)7;1-3-4-2;1-4(2)3/h3-4H2,1-2H3;3-4H,1-2H3;1-3H3. The smallest absolute Gasteiger partial charge is 0.313 e. The lowest BCUT2D eigenvalue weighted by atomic mass is 10.3. The number of nitrogens with zero attached hydrogens (tertiary/aromatic N) is 1. The van der Waals surface area contributed by atoms with Crippen LogP contribution in [0.4, 0.5) is 0 Å². The highest BCUT2D eigenvalue weighted by atomic mass is 16.5. The van der Waals surface area contributed by atoms with Crippen LogP contribution in [0, 0.1) is 0 Å². The molecular weight excluding hydrogens is 218 g/mol. The Bertz CT molecular complexity index is 204. The molecule has 0 unspecified atom stereocenters. The Labute approximate surface area is 106 Å². The van der Waals surface area contributed by atoms with Crippen LogP contribution in [-0.4, -0.2) is 44.4 Å². The van der Waals surface area contributed by atoms with Crippen molar-refractivity contribution in [3.8, 4) is 0 Å². The van der Waals surface area contributed by atoms with Crippen molar-refractivity contribution in [2.45, 2.75) is 34.1 Å². The van der Waals surface area contributed by atoms with Crippen LogP contribution in [0.15, 0.2) is 12.2 Å². The van der Waals surface area contributed by atoms with Crippen LogP contribution in [0.2, 0.25) is 0 Å². The first-order valence-electron chi connectivity index (χ1n) is 5.64. The molecule has 0 N–H and O–H groups in total. The molecule has 4 nitrogen and oxygen atoms in total. The third-order valence-corrected chi connectivity index (χ3v) is 1.03. The third-order valence-electron chi connectivity index (χ3n) is 1.03. The topological polar surface area (TPSA) is 46.6 Å². The first kappa shape index (κ1) is 21.2. The molecule has 0 aliphatic rings. The maximum Gasteiger partial charge on any atom is 0.313 e. The van der Waals surface area contributed by atoms with Crippen LogP contribution < -0.4 is 0 Å². The van der Waals surface area contributed by atoms with Crippen LogP contribution in [0.5, 0.6) is 0 Å². The van der Waals surface area contributed by atoms with Crippen LogP contribution in [0.1, 0.15) is 34.1 Å². The number of esters is 1. The summed E-state index contributed by atoms with van der Waals surface area (Å²) in [5, 5.41) is 0. The second kappa shape index (κ2) is 17.2. The van der Waals surface area contributed by atoms with Gasteiger partial charge < -0.3 is 9.64 Å². The van der Waals surface area contributed by atoms with Crippen LogP contribution in [-0.2, 0) is 14.3 Å². The maximum absolute atomic E-state index is 10.4. The lowest BCUT2D eigenvalue weighted by Crippen LogP contribution is -2.07. The number of Topliss-reactive ketones (excluding diaryl/α,β-unsaturated/α-hetero) is 1. The van der Waals surface area contributed by atoms with Gasteiger partial charge in [-0.25, -0.2) is 0 Å². The third kappa shape index (κ3) is 52.3. The summed E-state index contributed by atoms with van der Waals surface area (Å²) in [6.45, 7) is 7.40. The number of ketones is 1. The molecule has 0 saturated heterocycles. The normalized spacial score (nSPS) is 8.94. The molecule has 0 amide bonds. The van der Waals surface area contributed by atoms with E-state index < -0.39 is 5.97 Å². The first-order chi connectivity index (χ1) is 7.81. The van der Waals surface area contributed by atoms with Crippen molar-refractivity contribution in [2.24, 2.45) is 0 Å². The predicted octanol–water partition coefficient (Wildman–Crippen LogP) is 2.29. The fourth-order valence-corrected chi connectivity index (χ4v) is 0.415. The van der Waals surface area contributed by atoms with Crippen molar-refractivity contribution < 1.29 is 14.3 Å². The molecule has 0 atom stereocenters. The van der Waals surface area contributed by atoms with Gasteiger partial charge in [-0.2, -0.15) is 0 Å². The van der Waals surface area contributed by atoms with Crippen LogP contribution in [0.3, 0.4) is 0 Å². The summed E-state index contributed by atoms with van der Waals surface area (Å²) >= 11 is 0. The minimum absolute atomic E-state index is 0.103. The number of carbonyl (C=O) groups is 2. The molecule has 0 aromatic carbocycles. The number of rotatable bonds is 3. The average Bonchev–Trinajstić information content (AvgIpc) is 2.16. The van der Waals surface area contributed by atoms with Crippen molar-refractivity contribution in [1.29, 1.82) is 0 Å². The summed E-state index contributed by atoms with van der Waals surface area (Å²) in [5.74, 6) is -0.599.